The molecule has 0 fully saturated rings. The topological polar surface area (TPSA) is 76.2 Å². The van der Waals surface area contributed by atoms with Crippen molar-refractivity contribution in [2.24, 2.45) is 0 Å². The van der Waals surface area contributed by atoms with E-state index in [0.29, 0.717) is 22.9 Å². The smallest absolute Gasteiger partial charge is 0.272 e. The van der Waals surface area contributed by atoms with Crippen molar-refractivity contribution in [3.8, 4) is 34.1 Å². The van der Waals surface area contributed by atoms with Gasteiger partial charge in [0.2, 0.25) is 0 Å². The molecule has 34 heavy (non-hydrogen) atoms. The Morgan fingerprint density at radius 1 is 0.676 bits per heavy atom. The Kier molecular flexibility index (Phi) is 6.03. The number of para-hydroxylation sites is 1. The molecule has 5 rings (SSSR count). The first kappa shape index (κ1) is 21.0. The fourth-order valence-electron chi connectivity index (χ4n) is 3.38. The molecule has 166 valence electrons. The van der Waals surface area contributed by atoms with Crippen LogP contribution in [0.1, 0.15) is 10.5 Å². The third-order valence-corrected chi connectivity index (χ3v) is 5.09. The van der Waals surface area contributed by atoms with Crippen LogP contribution < -0.4 is 14.8 Å². The zero-order chi connectivity index (χ0) is 23.2. The molecule has 0 aliphatic rings. The van der Waals surface area contributed by atoms with Gasteiger partial charge in [0.25, 0.3) is 5.91 Å². The SMILES string of the molecule is O=C(Nc1ccc(Oc2ccncc2)cc1)c1cc(-c2ccc(Oc3ccccc3)cc2)c[nH]1. The number of aromatic amines is 1. The molecule has 0 saturated carbocycles. The lowest BCUT2D eigenvalue weighted by atomic mass is 10.1. The zero-order valence-electron chi connectivity index (χ0n) is 18.1. The lowest BCUT2D eigenvalue weighted by molar-refractivity contribution is 0.102. The summed E-state index contributed by atoms with van der Waals surface area (Å²) in [6.45, 7) is 0. The fraction of sp³-hybridized carbons (Fsp3) is 0. The summed E-state index contributed by atoms with van der Waals surface area (Å²) in [5.74, 6) is 2.68. The maximum atomic E-state index is 12.7. The van der Waals surface area contributed by atoms with Gasteiger partial charge in [0.05, 0.1) is 0 Å². The van der Waals surface area contributed by atoms with E-state index in [9.17, 15) is 4.79 Å². The minimum absolute atomic E-state index is 0.224. The van der Waals surface area contributed by atoms with Crippen LogP contribution in [-0.2, 0) is 0 Å². The number of hydrogen-bond donors (Lipinski definition) is 2. The molecule has 6 heteroatoms. The molecule has 0 aliphatic heterocycles. The predicted octanol–water partition coefficient (Wildman–Crippen LogP) is 6.91. The highest BCUT2D eigenvalue weighted by Crippen LogP contribution is 2.27. The molecular weight excluding hydrogens is 426 g/mol. The third-order valence-electron chi connectivity index (χ3n) is 5.09. The molecule has 2 heterocycles. The number of rotatable bonds is 7. The number of hydrogen-bond acceptors (Lipinski definition) is 4. The van der Waals surface area contributed by atoms with Gasteiger partial charge in [-0.25, -0.2) is 0 Å². The molecular formula is C28H21N3O3. The van der Waals surface area contributed by atoms with Crippen molar-refractivity contribution < 1.29 is 14.3 Å². The number of benzene rings is 3. The summed E-state index contributed by atoms with van der Waals surface area (Å²) in [4.78, 5) is 19.7. The van der Waals surface area contributed by atoms with Gasteiger partial charge in [-0.2, -0.15) is 0 Å². The van der Waals surface area contributed by atoms with Crippen LogP contribution in [0.25, 0.3) is 11.1 Å². The van der Waals surface area contributed by atoms with Crippen LogP contribution in [0.15, 0.2) is 116 Å². The first-order chi connectivity index (χ1) is 16.7. The largest absolute Gasteiger partial charge is 0.457 e. The third kappa shape index (κ3) is 5.14. The Bertz CT molecular complexity index is 1360. The molecule has 5 aromatic rings. The molecule has 0 atom stereocenters. The molecule has 2 aromatic heterocycles. The maximum absolute atomic E-state index is 12.7. The molecule has 0 unspecified atom stereocenters. The van der Waals surface area contributed by atoms with Crippen LogP contribution in [0.5, 0.6) is 23.0 Å². The van der Waals surface area contributed by atoms with E-state index in [4.69, 9.17) is 9.47 Å². The minimum Gasteiger partial charge on any atom is -0.457 e. The van der Waals surface area contributed by atoms with Crippen molar-refractivity contribution in [2.45, 2.75) is 0 Å². The molecule has 0 saturated heterocycles. The number of ether oxygens (including phenoxy) is 2. The summed E-state index contributed by atoms with van der Waals surface area (Å²) in [7, 11) is 0. The van der Waals surface area contributed by atoms with E-state index in [-0.39, 0.29) is 5.91 Å². The van der Waals surface area contributed by atoms with E-state index >= 15 is 0 Å². The van der Waals surface area contributed by atoms with E-state index in [2.05, 4.69) is 15.3 Å². The van der Waals surface area contributed by atoms with Crippen molar-refractivity contribution in [2.75, 3.05) is 5.32 Å². The van der Waals surface area contributed by atoms with E-state index in [1.165, 1.54) is 0 Å². The maximum Gasteiger partial charge on any atom is 0.272 e. The summed E-state index contributed by atoms with van der Waals surface area (Å²) in [5.41, 5.74) is 3.04. The number of aromatic nitrogens is 2. The molecule has 0 bridgehead atoms. The van der Waals surface area contributed by atoms with Crippen molar-refractivity contribution in [1.29, 1.82) is 0 Å². The highest BCUT2D eigenvalue weighted by Gasteiger charge is 2.11. The van der Waals surface area contributed by atoms with Crippen molar-refractivity contribution in [3.63, 3.8) is 0 Å². The number of amides is 1. The number of anilines is 1. The summed E-state index contributed by atoms with van der Waals surface area (Å²) >= 11 is 0. The standard InChI is InChI=1S/C28H21N3O3/c32-28(31-22-8-12-25(13-9-22)34-26-14-16-29-17-15-26)27-18-21(19-30-27)20-6-10-24(11-7-20)33-23-4-2-1-3-5-23/h1-19,30H,(H,31,32). The molecule has 6 nitrogen and oxygen atoms in total. The number of H-pyrrole nitrogens is 1. The zero-order valence-corrected chi connectivity index (χ0v) is 18.1. The quantitative estimate of drug-likeness (QED) is 0.284. The highest BCUT2D eigenvalue weighted by molar-refractivity contribution is 6.03. The van der Waals surface area contributed by atoms with Crippen LogP contribution >= 0.6 is 0 Å². The first-order valence-corrected chi connectivity index (χ1v) is 10.7. The van der Waals surface area contributed by atoms with Gasteiger partial charge in [-0.1, -0.05) is 30.3 Å². The lowest BCUT2D eigenvalue weighted by Crippen LogP contribution is -2.11. The van der Waals surface area contributed by atoms with Gasteiger partial charge in [-0.05, 0) is 77.9 Å². The van der Waals surface area contributed by atoms with Crippen molar-refractivity contribution >= 4 is 11.6 Å². The van der Waals surface area contributed by atoms with Gasteiger partial charge < -0.3 is 19.8 Å². The monoisotopic (exact) mass is 447 g/mol. The Morgan fingerprint density at radius 3 is 1.94 bits per heavy atom. The summed E-state index contributed by atoms with van der Waals surface area (Å²) < 4.78 is 11.6. The second kappa shape index (κ2) is 9.75. The van der Waals surface area contributed by atoms with Gasteiger partial charge in [0.1, 0.15) is 28.7 Å². The molecule has 2 N–H and O–H groups in total. The van der Waals surface area contributed by atoms with E-state index in [1.54, 1.807) is 48.8 Å². The van der Waals surface area contributed by atoms with Crippen LogP contribution in [-0.4, -0.2) is 15.9 Å². The van der Waals surface area contributed by atoms with E-state index in [0.717, 1.165) is 22.6 Å². The van der Waals surface area contributed by atoms with E-state index < -0.39 is 0 Å². The minimum atomic E-state index is -0.224. The summed E-state index contributed by atoms with van der Waals surface area (Å²) in [6, 6.07) is 29.9. The number of carbonyl (C=O) groups is 1. The van der Waals surface area contributed by atoms with Crippen molar-refractivity contribution in [3.05, 3.63) is 121 Å². The van der Waals surface area contributed by atoms with Gasteiger partial charge in [-0.15, -0.1) is 0 Å². The number of pyridine rings is 1. The Balaban J connectivity index is 1.21. The first-order valence-electron chi connectivity index (χ1n) is 10.7. The number of nitrogens with zero attached hydrogens (tertiary/aromatic N) is 1. The molecule has 3 aromatic carbocycles. The summed E-state index contributed by atoms with van der Waals surface area (Å²) in [6.07, 6.45) is 5.15. The second-order valence-electron chi connectivity index (χ2n) is 7.51. The van der Waals surface area contributed by atoms with Crippen LogP contribution in [0.3, 0.4) is 0 Å². The Labute approximate surface area is 196 Å². The normalized spacial score (nSPS) is 10.5. The Morgan fingerprint density at radius 2 is 1.26 bits per heavy atom. The van der Waals surface area contributed by atoms with Gasteiger partial charge in [0.15, 0.2) is 0 Å². The lowest BCUT2D eigenvalue weighted by Gasteiger charge is -2.07. The fourth-order valence-corrected chi connectivity index (χ4v) is 3.38. The van der Waals surface area contributed by atoms with Gasteiger partial charge >= 0.3 is 0 Å². The summed E-state index contributed by atoms with van der Waals surface area (Å²) in [5, 5.41) is 2.89. The van der Waals surface area contributed by atoms with Crippen molar-refractivity contribution in [1.82, 2.24) is 9.97 Å². The average Bonchev–Trinajstić information content (AvgIpc) is 3.38. The van der Waals surface area contributed by atoms with Gasteiger partial charge in [0, 0.05) is 24.3 Å². The number of carbonyl (C=O) groups excluding carboxylic acids is 1. The van der Waals surface area contributed by atoms with Crippen LogP contribution in [0.2, 0.25) is 0 Å². The molecule has 1 amide bonds. The highest BCUT2D eigenvalue weighted by atomic mass is 16.5. The average molecular weight is 447 g/mol. The molecule has 0 spiro atoms. The predicted molar refractivity (Wildman–Crippen MR) is 131 cm³/mol. The number of nitrogens with one attached hydrogen (secondary N) is 2. The van der Waals surface area contributed by atoms with Crippen LogP contribution in [0, 0.1) is 0 Å². The van der Waals surface area contributed by atoms with Crippen LogP contribution in [0.4, 0.5) is 5.69 Å². The van der Waals surface area contributed by atoms with Gasteiger partial charge in [-0.3, -0.25) is 9.78 Å². The molecule has 0 aliphatic carbocycles. The van der Waals surface area contributed by atoms with E-state index in [1.807, 2.05) is 66.9 Å². The Hall–Kier alpha value is -4.84. The second-order valence-corrected chi connectivity index (χ2v) is 7.51. The molecule has 0 radical (unpaired) electrons.